The minimum Gasteiger partial charge on any atom is -0.378 e. The molecule has 3 N–H and O–H groups in total. The van der Waals surface area contributed by atoms with Gasteiger partial charge in [-0.1, -0.05) is 53.5 Å². The van der Waals surface area contributed by atoms with E-state index in [1.807, 2.05) is 18.2 Å². The molecule has 0 spiro atoms. The normalized spacial score (nSPS) is 20.5. The van der Waals surface area contributed by atoms with Gasteiger partial charge in [0.05, 0.1) is 57.8 Å². The average Bonchev–Trinajstić information content (AvgIpc) is 1.67. The first kappa shape index (κ1) is 75.2. The molecule has 6 aromatic carbocycles. The number of anilines is 7. The maximum Gasteiger partial charge on any atom is 0.263 e. The van der Waals surface area contributed by atoms with Crippen molar-refractivity contribution in [1.82, 2.24) is 34.6 Å². The molecule has 9 aromatic rings. The highest BCUT2D eigenvalue weighted by Gasteiger charge is 2.43. The van der Waals surface area contributed by atoms with Crippen LogP contribution < -0.4 is 33.8 Å². The summed E-state index contributed by atoms with van der Waals surface area (Å²) in [5.41, 5.74) is 4.48. The van der Waals surface area contributed by atoms with E-state index in [1.165, 1.54) is 94.4 Å². The molecule has 6 aliphatic rings. The fraction of sp³-hybridized carbons (Fsp3) is 0.324. The van der Waals surface area contributed by atoms with Gasteiger partial charge in [-0.15, -0.1) is 34.0 Å². The first-order valence-electron chi connectivity index (χ1n) is 33.8. The van der Waals surface area contributed by atoms with Crippen LogP contribution in [0.2, 0.25) is 10.0 Å². The highest BCUT2D eigenvalue weighted by molar-refractivity contribution is 7.93. The molecule has 0 saturated carbocycles. The Bertz CT molecular complexity index is 4860. The Morgan fingerprint density at radius 1 is 0.495 bits per heavy atom. The van der Waals surface area contributed by atoms with Crippen LogP contribution in [0.25, 0.3) is 0 Å². The van der Waals surface area contributed by atoms with E-state index in [0.29, 0.717) is 116 Å². The molecular weight excluding hydrogens is 1510 g/mol. The minimum absolute atomic E-state index is 0. The van der Waals surface area contributed by atoms with Crippen LogP contribution in [0, 0.1) is 11.6 Å². The molecule has 3 amide bonds. The lowest BCUT2D eigenvalue weighted by atomic mass is 10.0. The van der Waals surface area contributed by atoms with Gasteiger partial charge in [-0.3, -0.25) is 48.1 Å². The highest BCUT2D eigenvalue weighted by Crippen LogP contribution is 2.37. The molecule has 9 heterocycles. The molecule has 0 radical (unpaired) electrons. The van der Waals surface area contributed by atoms with E-state index >= 15 is 0 Å². The third-order valence-corrected chi connectivity index (χ3v) is 26.3. The lowest BCUT2D eigenvalue weighted by Crippen LogP contribution is -2.52. The lowest BCUT2D eigenvalue weighted by Gasteiger charge is -2.40. The number of sulfonamides is 3. The van der Waals surface area contributed by atoms with Crippen LogP contribution in [0.5, 0.6) is 0 Å². The number of carbonyl (C=O) groups is 3. The first-order chi connectivity index (χ1) is 50.5. The van der Waals surface area contributed by atoms with E-state index in [9.17, 15) is 48.4 Å². The Kier molecular flexibility index (Phi) is 23.6. The van der Waals surface area contributed by atoms with Gasteiger partial charge < -0.3 is 24.3 Å². The summed E-state index contributed by atoms with van der Waals surface area (Å²) in [5.74, 6) is -0.932. The van der Waals surface area contributed by atoms with Crippen molar-refractivity contribution in [1.29, 1.82) is 0 Å². The van der Waals surface area contributed by atoms with Gasteiger partial charge in [0, 0.05) is 161 Å². The number of rotatable bonds is 19. The predicted molar refractivity (Wildman–Crippen MR) is 418 cm³/mol. The van der Waals surface area contributed by atoms with E-state index in [2.05, 4.69) is 79.9 Å². The van der Waals surface area contributed by atoms with E-state index in [-0.39, 0.29) is 76.0 Å². The van der Waals surface area contributed by atoms with Crippen LogP contribution in [0.15, 0.2) is 189 Å². The van der Waals surface area contributed by atoms with Crippen molar-refractivity contribution >= 4 is 143 Å². The van der Waals surface area contributed by atoms with Crippen molar-refractivity contribution in [3.63, 3.8) is 0 Å². The number of hydrogen-bond donors (Lipinski definition) is 3. The van der Waals surface area contributed by atoms with Crippen molar-refractivity contribution in [2.45, 2.75) is 71.1 Å². The second-order valence-electron chi connectivity index (χ2n) is 25.5. The van der Waals surface area contributed by atoms with Gasteiger partial charge in [-0.2, -0.15) is 0 Å². The molecule has 105 heavy (non-hydrogen) atoms. The molecule has 0 bridgehead atoms. The van der Waals surface area contributed by atoms with Crippen molar-refractivity contribution < 1.29 is 61.7 Å². The number of amides is 3. The molecule has 24 nitrogen and oxygen atoms in total. The second kappa shape index (κ2) is 33.0. The third kappa shape index (κ3) is 17.7. The maximum absolute atomic E-state index is 14.1. The van der Waals surface area contributed by atoms with Crippen LogP contribution in [0.1, 0.15) is 58.0 Å². The molecule has 3 aromatic heterocycles. The van der Waals surface area contributed by atoms with Crippen LogP contribution in [-0.4, -0.2) is 187 Å². The molecule has 6 fully saturated rings. The van der Waals surface area contributed by atoms with Gasteiger partial charge in [-0.25, -0.2) is 49.0 Å². The van der Waals surface area contributed by atoms with E-state index in [1.54, 1.807) is 84.4 Å². The van der Waals surface area contributed by atoms with Gasteiger partial charge in [0.15, 0.2) is 15.4 Å². The fourth-order valence-corrected chi connectivity index (χ4v) is 19.8. The molecule has 564 valence electrons. The third-order valence-electron chi connectivity index (χ3n) is 19.3. The van der Waals surface area contributed by atoms with Gasteiger partial charge in [0.1, 0.15) is 11.6 Å². The predicted octanol–water partition coefficient (Wildman–Crippen LogP) is 12.5. The lowest BCUT2D eigenvalue weighted by molar-refractivity contribution is -0.125. The molecule has 34 heteroatoms. The zero-order valence-corrected chi connectivity index (χ0v) is 63.0. The number of aromatic nitrogens is 3. The topological polar surface area (TPSA) is 264 Å². The summed E-state index contributed by atoms with van der Waals surface area (Å²) in [7, 11) is -11.2. The van der Waals surface area contributed by atoms with Crippen LogP contribution >= 0.6 is 57.2 Å². The summed E-state index contributed by atoms with van der Waals surface area (Å²) in [6.07, 6.45) is 6.65. The summed E-state index contributed by atoms with van der Waals surface area (Å²) in [4.78, 5) is 68.0. The van der Waals surface area contributed by atoms with Crippen LogP contribution in [0.4, 0.5) is 46.9 Å². The van der Waals surface area contributed by atoms with Crippen molar-refractivity contribution in [3.05, 3.63) is 207 Å². The van der Waals surface area contributed by atoms with Gasteiger partial charge in [0.2, 0.25) is 17.7 Å². The van der Waals surface area contributed by atoms with E-state index < -0.39 is 41.7 Å². The smallest absolute Gasteiger partial charge is 0.263 e. The van der Waals surface area contributed by atoms with E-state index in [0.717, 1.165) is 56.0 Å². The van der Waals surface area contributed by atoms with E-state index in [4.69, 9.17) is 27.9 Å². The largest absolute Gasteiger partial charge is 0.378 e. The molecule has 6 aliphatic heterocycles. The molecule has 15 rings (SSSR count). The first-order valence-corrected chi connectivity index (χ1v) is 41.7. The zero-order chi connectivity index (χ0) is 73.6. The Morgan fingerprint density at radius 2 is 0.914 bits per heavy atom. The number of piperazine rings is 2. The number of morpholine rings is 1. The molecule has 1 unspecified atom stereocenters. The summed E-state index contributed by atoms with van der Waals surface area (Å²) in [6.45, 7) is 11.2. The summed E-state index contributed by atoms with van der Waals surface area (Å²) in [6, 6.07) is 37.8. The van der Waals surface area contributed by atoms with Crippen molar-refractivity contribution in [2.75, 3.05) is 126 Å². The number of carbonyl (C=O) groups excluding carboxylic acids is 3. The molecule has 6 saturated heterocycles. The Labute approximate surface area is 638 Å². The average molecular weight is 1600 g/mol. The summed E-state index contributed by atoms with van der Waals surface area (Å²) in [5, 5.41) is 7.06. The van der Waals surface area contributed by atoms with Crippen LogP contribution in [-0.2, 0) is 49.2 Å². The molecule has 5 atom stereocenters. The SMILES string of the molecule is C[C@@H](c1ccccc1)N1CCN([C@H]2CCN(c3ccc(S(=O)(=O)Nc4nccs4)cc3)C2=O)CC1.O=C1[C@@H](N2CCN(c3cc(F)ccc3F)CC2)CCN1c1ccc(S(=O)(=O)Nc2nccs2)cc1.O=C1[C@@H](N2CCOCC2c2cc(Cl)cc(Cl)c2)CCN1c1ccc(S(=O)(=O)Nc2nccs2)cc1.[HH].[HH].[HH].[HH].[HH].[HH]. The van der Waals surface area contributed by atoms with Crippen molar-refractivity contribution in [2.24, 2.45) is 0 Å². The van der Waals surface area contributed by atoms with Gasteiger partial charge in [-0.05, 0) is 140 Å². The fourth-order valence-electron chi connectivity index (χ4n) is 13.9. The number of ether oxygens (including phenoxy) is 1. The second-order valence-corrected chi connectivity index (χ2v) is 34.1. The quantitative estimate of drug-likeness (QED) is 0.0679. The van der Waals surface area contributed by atoms with Crippen molar-refractivity contribution in [3.8, 4) is 0 Å². The highest BCUT2D eigenvalue weighted by atomic mass is 35.5. The summed E-state index contributed by atoms with van der Waals surface area (Å²) >= 11 is 16.1. The number of halogens is 4. The minimum atomic E-state index is -3.77. The number of thiazole rings is 3. The number of hydrogen-bond acceptors (Lipinski definition) is 21. The monoisotopic (exact) mass is 1590 g/mol. The number of benzene rings is 6. The standard InChI is InChI=1S/C25H29N5O3S2.C23H22Cl2N4O4S2.C23H23F2N5O3S2.6H2/c1-19(20-5-3-2-4-6-20)28-14-16-29(17-15-28)23-11-13-30(24(23)31)21-7-9-22(10-8-21)35(32,33)27-25-26-12-18-34-25;24-16-11-15(12-17(25)13-16)21-14-33-9-8-29(21)20-5-7-28(22(20)30)18-1-3-19(4-2-18)35(31,32)27-23-26-6-10-34-23;24-16-1-6-19(25)21(15-16)29-12-10-28(11-13-29)20-7-9-30(22(20)31)17-2-4-18(5-3-17)35(32,33)27-23-26-8-14-34-23;;;;;;/h2-10,12,18-19,23H,11,13-17H2,1H3,(H,26,27);1-4,6,10-13,20-21H,5,7-9,14H2,(H,26,27);1-6,8,14-15,20H,7,9-13H2,(H,26,27);6*1H/t19-,23-;20-,21?;20-;;;;;;/m000....../s1. The van der Waals surface area contributed by atoms with Gasteiger partial charge in [0.25, 0.3) is 30.1 Å². The number of nitrogens with one attached hydrogen (secondary N) is 3. The summed E-state index contributed by atoms with van der Waals surface area (Å²) < 4.78 is 116. The Morgan fingerprint density at radius 3 is 1.34 bits per heavy atom. The zero-order valence-electron chi connectivity index (χ0n) is 56.6. The van der Waals surface area contributed by atoms with Gasteiger partial charge >= 0.3 is 0 Å². The Hall–Kier alpha value is -8.09. The molecule has 0 aliphatic carbocycles. The van der Waals surface area contributed by atoms with Crippen LogP contribution in [0.3, 0.4) is 0 Å². The number of nitrogens with zero attached hydrogens (tertiary/aromatic N) is 11. The molecular formula is C71H86Cl2F2N14O10S6. The maximum atomic E-state index is 14.1. The Balaban J connectivity index is 0.000000225.